The van der Waals surface area contributed by atoms with E-state index in [0.29, 0.717) is 19.3 Å². The number of carboxylic acids is 2. The average Bonchev–Trinajstić information content (AvgIpc) is 2.29. The Morgan fingerprint density at radius 1 is 1.05 bits per heavy atom. The largest absolute Gasteiger partial charge is 0.550 e. The van der Waals surface area contributed by atoms with Gasteiger partial charge in [-0.2, -0.15) is 0 Å². The highest BCUT2D eigenvalue weighted by Crippen LogP contribution is 2.54. The lowest BCUT2D eigenvalue weighted by Crippen LogP contribution is -2.61. The Bertz CT molecular complexity index is 411. The molecule has 0 aromatic rings. The van der Waals surface area contributed by atoms with E-state index in [1.807, 2.05) is 27.7 Å². The summed E-state index contributed by atoms with van der Waals surface area (Å²) in [6.07, 6.45) is 4.72. The van der Waals surface area contributed by atoms with Crippen LogP contribution < -0.4 is 10.2 Å². The van der Waals surface area contributed by atoms with Crippen LogP contribution in [0.5, 0.6) is 0 Å². The number of carbonyl (C=O) groups excluding carboxylic acids is 2. The van der Waals surface area contributed by atoms with Crippen molar-refractivity contribution in [3.8, 4) is 0 Å². The molecule has 0 fully saturated rings. The maximum atomic E-state index is 11.9. The van der Waals surface area contributed by atoms with E-state index in [1.54, 1.807) is 12.2 Å². The van der Waals surface area contributed by atoms with E-state index < -0.39 is 22.8 Å². The standard InChI is InChI=1S/C16H26O4/c1-11(2)9-15(13(17)18)7-5-6-8-16(15,14(19)20)10-12(3)4/h5,7,11-12H,6,8-10H2,1-4H3,(H,17,18)(H,19,20)/p-2. The van der Waals surface area contributed by atoms with Crippen molar-refractivity contribution in [1.29, 1.82) is 0 Å². The molecule has 20 heavy (non-hydrogen) atoms. The number of carboxylic acid groups (broad SMARTS) is 2. The molecule has 0 heterocycles. The fourth-order valence-corrected chi connectivity index (χ4v) is 3.60. The lowest BCUT2D eigenvalue weighted by atomic mass is 9.53. The van der Waals surface area contributed by atoms with Crippen LogP contribution >= 0.6 is 0 Å². The monoisotopic (exact) mass is 280 g/mol. The molecule has 0 amide bonds. The normalized spacial score (nSPS) is 29.9. The molecule has 0 bridgehead atoms. The Kier molecular flexibility index (Phi) is 5.00. The molecule has 2 unspecified atom stereocenters. The number of carbonyl (C=O) groups is 2. The third-order valence-corrected chi connectivity index (χ3v) is 4.24. The average molecular weight is 280 g/mol. The summed E-state index contributed by atoms with van der Waals surface area (Å²) in [5.41, 5.74) is -2.85. The van der Waals surface area contributed by atoms with Gasteiger partial charge in [0.05, 0.1) is 5.97 Å². The van der Waals surface area contributed by atoms with Crippen LogP contribution in [0.2, 0.25) is 0 Å². The molecule has 0 N–H and O–H groups in total. The maximum Gasteiger partial charge on any atom is 0.0523 e. The van der Waals surface area contributed by atoms with E-state index in [1.165, 1.54) is 0 Å². The molecule has 4 nitrogen and oxygen atoms in total. The highest BCUT2D eigenvalue weighted by Gasteiger charge is 2.53. The third kappa shape index (κ3) is 2.74. The van der Waals surface area contributed by atoms with Crippen molar-refractivity contribution in [2.24, 2.45) is 22.7 Å². The summed E-state index contributed by atoms with van der Waals surface area (Å²) in [7, 11) is 0. The van der Waals surface area contributed by atoms with Crippen molar-refractivity contribution in [2.75, 3.05) is 0 Å². The van der Waals surface area contributed by atoms with Crippen molar-refractivity contribution in [2.45, 2.75) is 53.4 Å². The van der Waals surface area contributed by atoms with Gasteiger partial charge in [-0.05, 0) is 37.5 Å². The summed E-state index contributed by atoms with van der Waals surface area (Å²) >= 11 is 0. The van der Waals surface area contributed by atoms with Crippen LogP contribution in [-0.2, 0) is 9.59 Å². The van der Waals surface area contributed by atoms with E-state index >= 15 is 0 Å². The first-order valence-electron chi connectivity index (χ1n) is 7.28. The zero-order chi connectivity index (χ0) is 15.6. The highest BCUT2D eigenvalue weighted by atomic mass is 16.4. The van der Waals surface area contributed by atoms with Crippen molar-refractivity contribution >= 4 is 11.9 Å². The molecule has 2 atom stereocenters. The van der Waals surface area contributed by atoms with E-state index in [0.717, 1.165) is 0 Å². The van der Waals surface area contributed by atoms with Gasteiger partial charge in [0, 0.05) is 16.8 Å². The number of rotatable bonds is 6. The van der Waals surface area contributed by atoms with Gasteiger partial charge in [0.1, 0.15) is 0 Å². The molecule has 0 aromatic carbocycles. The van der Waals surface area contributed by atoms with Crippen LogP contribution in [-0.4, -0.2) is 11.9 Å². The van der Waals surface area contributed by atoms with Gasteiger partial charge in [0.15, 0.2) is 0 Å². The summed E-state index contributed by atoms with van der Waals surface area (Å²) in [4.78, 5) is 23.7. The minimum Gasteiger partial charge on any atom is -0.550 e. The minimum atomic E-state index is -1.47. The quantitative estimate of drug-likeness (QED) is 0.677. The Balaban J connectivity index is 3.45. The smallest absolute Gasteiger partial charge is 0.0523 e. The van der Waals surface area contributed by atoms with Crippen molar-refractivity contribution in [1.82, 2.24) is 0 Å². The van der Waals surface area contributed by atoms with Crippen LogP contribution in [0, 0.1) is 22.7 Å². The second-order valence-electron chi connectivity index (χ2n) is 6.77. The van der Waals surface area contributed by atoms with Crippen LogP contribution in [0.15, 0.2) is 12.2 Å². The summed E-state index contributed by atoms with van der Waals surface area (Å²) in [5.74, 6) is -2.43. The molecular formula is C16H24O4-2. The van der Waals surface area contributed by atoms with Crippen molar-refractivity contribution < 1.29 is 19.8 Å². The first-order valence-corrected chi connectivity index (χ1v) is 7.28. The molecule has 1 aliphatic carbocycles. The second kappa shape index (κ2) is 5.98. The molecule has 0 saturated heterocycles. The lowest BCUT2D eigenvalue weighted by Gasteiger charge is -2.54. The molecule has 4 heteroatoms. The summed E-state index contributed by atoms with van der Waals surface area (Å²) in [5, 5.41) is 23.7. The molecule has 0 radical (unpaired) electrons. The molecule has 0 aromatic heterocycles. The van der Waals surface area contributed by atoms with Crippen LogP contribution in [0.3, 0.4) is 0 Å². The number of aliphatic carboxylic acids is 2. The van der Waals surface area contributed by atoms with Gasteiger partial charge in [-0.3, -0.25) is 0 Å². The van der Waals surface area contributed by atoms with Crippen LogP contribution in [0.1, 0.15) is 53.4 Å². The molecule has 1 aliphatic rings. The van der Waals surface area contributed by atoms with Gasteiger partial charge >= 0.3 is 0 Å². The fourth-order valence-electron chi connectivity index (χ4n) is 3.60. The number of hydrogen-bond acceptors (Lipinski definition) is 4. The van der Waals surface area contributed by atoms with Crippen molar-refractivity contribution in [3.63, 3.8) is 0 Å². The van der Waals surface area contributed by atoms with Crippen LogP contribution in [0.4, 0.5) is 0 Å². The summed E-state index contributed by atoms with van der Waals surface area (Å²) < 4.78 is 0. The highest BCUT2D eigenvalue weighted by molar-refractivity contribution is 5.87. The van der Waals surface area contributed by atoms with E-state index in [2.05, 4.69) is 0 Å². The molecular weight excluding hydrogens is 256 g/mol. The van der Waals surface area contributed by atoms with Gasteiger partial charge in [-0.1, -0.05) is 39.8 Å². The molecule has 114 valence electrons. The van der Waals surface area contributed by atoms with Gasteiger partial charge in [0.25, 0.3) is 0 Å². The van der Waals surface area contributed by atoms with Gasteiger partial charge in [-0.25, -0.2) is 0 Å². The predicted molar refractivity (Wildman–Crippen MR) is 72.2 cm³/mol. The summed E-state index contributed by atoms with van der Waals surface area (Å²) in [6, 6.07) is 0. The maximum absolute atomic E-state index is 11.9. The predicted octanol–water partition coefficient (Wildman–Crippen LogP) is 0.901. The first-order chi connectivity index (χ1) is 9.18. The zero-order valence-electron chi connectivity index (χ0n) is 12.8. The fraction of sp³-hybridized carbons (Fsp3) is 0.750. The minimum absolute atomic E-state index is 0.0570. The van der Waals surface area contributed by atoms with Gasteiger partial charge in [0.2, 0.25) is 0 Å². The molecule has 0 spiro atoms. The Morgan fingerprint density at radius 3 is 2.00 bits per heavy atom. The number of allylic oxidation sites excluding steroid dienone is 1. The molecule has 0 saturated carbocycles. The lowest BCUT2D eigenvalue weighted by molar-refractivity contribution is -0.344. The Morgan fingerprint density at radius 2 is 1.60 bits per heavy atom. The van der Waals surface area contributed by atoms with E-state index in [4.69, 9.17) is 0 Å². The van der Waals surface area contributed by atoms with E-state index in [9.17, 15) is 19.8 Å². The van der Waals surface area contributed by atoms with Crippen LogP contribution in [0.25, 0.3) is 0 Å². The molecule has 0 aliphatic heterocycles. The molecule has 1 rings (SSSR count). The van der Waals surface area contributed by atoms with Crippen molar-refractivity contribution in [3.05, 3.63) is 12.2 Å². The number of hydrogen-bond donors (Lipinski definition) is 0. The zero-order valence-corrected chi connectivity index (χ0v) is 12.8. The summed E-state index contributed by atoms with van der Waals surface area (Å²) in [6.45, 7) is 7.59. The topological polar surface area (TPSA) is 80.3 Å². The Labute approximate surface area is 120 Å². The van der Waals surface area contributed by atoms with Gasteiger partial charge in [-0.15, -0.1) is 0 Å². The first kappa shape index (κ1) is 16.7. The van der Waals surface area contributed by atoms with Gasteiger partial charge < -0.3 is 19.8 Å². The Hall–Kier alpha value is -1.32. The second-order valence-corrected chi connectivity index (χ2v) is 6.77. The SMILES string of the molecule is CC(C)CC1(C(=O)[O-])C=CCCC1(CC(C)C)C(=O)[O-]. The van der Waals surface area contributed by atoms with E-state index in [-0.39, 0.29) is 18.3 Å². The third-order valence-electron chi connectivity index (χ3n) is 4.24.